The van der Waals surface area contributed by atoms with E-state index in [0.29, 0.717) is 17.4 Å². The SMILES string of the molecule is Cc1nn(C)c(CC2CC(C(C)(C)C)CCC2N)c1Cl. The van der Waals surface area contributed by atoms with Gasteiger partial charge in [0, 0.05) is 13.1 Å². The molecular formula is C16H28ClN3. The molecule has 1 saturated carbocycles. The normalized spacial score (nSPS) is 27.9. The lowest BCUT2D eigenvalue weighted by atomic mass is 9.67. The van der Waals surface area contributed by atoms with E-state index in [4.69, 9.17) is 17.3 Å². The average Bonchev–Trinajstić information content (AvgIpc) is 2.57. The lowest BCUT2D eigenvalue weighted by Crippen LogP contribution is -2.40. The number of nitrogens with two attached hydrogens (primary N) is 1. The molecule has 0 amide bonds. The highest BCUT2D eigenvalue weighted by Gasteiger charge is 2.35. The summed E-state index contributed by atoms with van der Waals surface area (Å²) in [7, 11) is 1.98. The third kappa shape index (κ3) is 3.20. The van der Waals surface area contributed by atoms with Gasteiger partial charge in [-0.25, -0.2) is 0 Å². The smallest absolute Gasteiger partial charge is 0.0847 e. The van der Waals surface area contributed by atoms with Crippen LogP contribution in [0.3, 0.4) is 0 Å². The monoisotopic (exact) mass is 297 g/mol. The summed E-state index contributed by atoms with van der Waals surface area (Å²) in [6.07, 6.45) is 4.52. The van der Waals surface area contributed by atoms with Crippen LogP contribution >= 0.6 is 11.6 Å². The fraction of sp³-hybridized carbons (Fsp3) is 0.812. The van der Waals surface area contributed by atoms with E-state index in [1.54, 1.807) is 0 Å². The van der Waals surface area contributed by atoms with Gasteiger partial charge in [0.05, 0.1) is 16.4 Å². The molecule has 1 aliphatic carbocycles. The molecule has 1 aromatic rings. The van der Waals surface area contributed by atoms with Crippen molar-refractivity contribution in [3.05, 3.63) is 16.4 Å². The number of halogens is 1. The first-order valence-electron chi connectivity index (χ1n) is 7.63. The van der Waals surface area contributed by atoms with Gasteiger partial charge in [0.15, 0.2) is 0 Å². The van der Waals surface area contributed by atoms with E-state index < -0.39 is 0 Å². The molecule has 3 atom stereocenters. The molecule has 1 aliphatic rings. The molecule has 3 nitrogen and oxygen atoms in total. The predicted octanol–water partition coefficient (Wildman–Crippen LogP) is 3.71. The fourth-order valence-electron chi connectivity index (χ4n) is 3.46. The summed E-state index contributed by atoms with van der Waals surface area (Å²) < 4.78 is 1.92. The van der Waals surface area contributed by atoms with E-state index in [9.17, 15) is 0 Å². The van der Waals surface area contributed by atoms with Crippen LogP contribution in [0, 0.1) is 24.2 Å². The van der Waals surface area contributed by atoms with Crippen molar-refractivity contribution in [2.24, 2.45) is 30.0 Å². The number of nitrogens with zero attached hydrogens (tertiary/aromatic N) is 2. The first-order valence-corrected chi connectivity index (χ1v) is 8.01. The Bertz CT molecular complexity index is 473. The number of aromatic nitrogens is 2. The maximum Gasteiger partial charge on any atom is 0.0847 e. The van der Waals surface area contributed by atoms with Gasteiger partial charge in [-0.3, -0.25) is 4.68 Å². The molecule has 2 rings (SSSR count). The second-order valence-electron chi connectivity index (χ2n) is 7.47. The molecule has 0 aliphatic heterocycles. The van der Waals surface area contributed by atoms with Crippen molar-refractivity contribution in [1.82, 2.24) is 9.78 Å². The summed E-state index contributed by atoms with van der Waals surface area (Å²) in [6.45, 7) is 8.98. The molecule has 0 bridgehead atoms. The Morgan fingerprint density at radius 2 is 2.00 bits per heavy atom. The number of rotatable bonds is 2. The van der Waals surface area contributed by atoms with Crippen LogP contribution in [0.1, 0.15) is 51.4 Å². The van der Waals surface area contributed by atoms with Gasteiger partial charge in [-0.15, -0.1) is 0 Å². The zero-order chi connectivity index (χ0) is 15.1. The van der Waals surface area contributed by atoms with Gasteiger partial charge in [-0.05, 0) is 49.9 Å². The molecule has 2 N–H and O–H groups in total. The summed E-state index contributed by atoms with van der Waals surface area (Å²) in [6, 6.07) is 0.292. The minimum atomic E-state index is 0.292. The Morgan fingerprint density at radius 3 is 2.50 bits per heavy atom. The van der Waals surface area contributed by atoms with Gasteiger partial charge in [0.1, 0.15) is 0 Å². The summed E-state index contributed by atoms with van der Waals surface area (Å²) in [5, 5.41) is 5.23. The molecule has 20 heavy (non-hydrogen) atoms. The lowest BCUT2D eigenvalue weighted by molar-refractivity contribution is 0.126. The van der Waals surface area contributed by atoms with Crippen molar-refractivity contribution >= 4 is 11.6 Å². The number of hydrogen-bond acceptors (Lipinski definition) is 2. The number of hydrogen-bond donors (Lipinski definition) is 1. The Balaban J connectivity index is 2.14. The van der Waals surface area contributed by atoms with Crippen LogP contribution in [0.2, 0.25) is 5.02 Å². The highest BCUT2D eigenvalue weighted by molar-refractivity contribution is 6.31. The molecule has 4 heteroatoms. The van der Waals surface area contributed by atoms with Crippen molar-refractivity contribution in [2.75, 3.05) is 0 Å². The van der Waals surface area contributed by atoms with Gasteiger partial charge < -0.3 is 5.73 Å². The third-order valence-corrected chi connectivity index (χ3v) is 5.47. The van der Waals surface area contributed by atoms with E-state index in [1.165, 1.54) is 12.8 Å². The predicted molar refractivity (Wildman–Crippen MR) is 84.9 cm³/mol. The van der Waals surface area contributed by atoms with E-state index in [0.717, 1.165) is 35.2 Å². The van der Waals surface area contributed by atoms with E-state index in [2.05, 4.69) is 25.9 Å². The van der Waals surface area contributed by atoms with Crippen molar-refractivity contribution in [3.8, 4) is 0 Å². The van der Waals surface area contributed by atoms with Crippen molar-refractivity contribution < 1.29 is 0 Å². The minimum absolute atomic E-state index is 0.292. The van der Waals surface area contributed by atoms with Crippen LogP contribution in [0.4, 0.5) is 0 Å². The molecule has 0 saturated heterocycles. The van der Waals surface area contributed by atoms with Crippen LogP contribution in [0.15, 0.2) is 0 Å². The Hall–Kier alpha value is -0.540. The third-order valence-electron chi connectivity index (χ3n) is 4.98. The average molecular weight is 298 g/mol. The molecule has 0 radical (unpaired) electrons. The molecule has 1 fully saturated rings. The quantitative estimate of drug-likeness (QED) is 0.904. The van der Waals surface area contributed by atoms with Crippen LogP contribution in [-0.2, 0) is 13.5 Å². The Kier molecular flexibility index (Phi) is 4.50. The molecule has 3 unspecified atom stereocenters. The van der Waals surface area contributed by atoms with Crippen LogP contribution < -0.4 is 5.73 Å². The maximum atomic E-state index is 6.38. The largest absolute Gasteiger partial charge is 0.327 e. The highest BCUT2D eigenvalue weighted by atomic mass is 35.5. The second kappa shape index (κ2) is 5.69. The first kappa shape index (κ1) is 15.8. The van der Waals surface area contributed by atoms with Crippen LogP contribution in [0.25, 0.3) is 0 Å². The summed E-state index contributed by atoms with van der Waals surface area (Å²) in [5.74, 6) is 1.26. The zero-order valence-corrected chi connectivity index (χ0v) is 14.2. The van der Waals surface area contributed by atoms with E-state index >= 15 is 0 Å². The summed E-state index contributed by atoms with van der Waals surface area (Å²) >= 11 is 6.38. The van der Waals surface area contributed by atoms with Gasteiger partial charge >= 0.3 is 0 Å². The first-order chi connectivity index (χ1) is 9.20. The molecule has 1 aromatic heterocycles. The fourth-order valence-corrected chi connectivity index (χ4v) is 3.70. The summed E-state index contributed by atoms with van der Waals surface area (Å²) in [5.41, 5.74) is 8.79. The topological polar surface area (TPSA) is 43.8 Å². The van der Waals surface area contributed by atoms with Crippen molar-refractivity contribution in [1.29, 1.82) is 0 Å². The van der Waals surface area contributed by atoms with Gasteiger partial charge in [0.25, 0.3) is 0 Å². The standard InChI is InChI=1S/C16H28ClN3/c1-10-15(17)14(20(5)19-10)9-11-8-12(16(2,3)4)6-7-13(11)18/h11-13H,6-9,18H2,1-5H3. The van der Waals surface area contributed by atoms with Crippen LogP contribution in [0.5, 0.6) is 0 Å². The zero-order valence-electron chi connectivity index (χ0n) is 13.4. The van der Waals surface area contributed by atoms with Crippen molar-refractivity contribution in [3.63, 3.8) is 0 Å². The van der Waals surface area contributed by atoms with Crippen LogP contribution in [-0.4, -0.2) is 15.8 Å². The second-order valence-corrected chi connectivity index (χ2v) is 7.85. The molecular weight excluding hydrogens is 270 g/mol. The number of aryl methyl sites for hydroxylation is 2. The van der Waals surface area contributed by atoms with Gasteiger partial charge in [-0.1, -0.05) is 32.4 Å². The molecule has 0 aromatic carbocycles. The molecule has 0 spiro atoms. The maximum absolute atomic E-state index is 6.38. The van der Waals surface area contributed by atoms with E-state index in [1.807, 2.05) is 18.7 Å². The van der Waals surface area contributed by atoms with E-state index in [-0.39, 0.29) is 0 Å². The molecule has 114 valence electrons. The molecule has 1 heterocycles. The van der Waals surface area contributed by atoms with Gasteiger partial charge in [-0.2, -0.15) is 5.10 Å². The van der Waals surface area contributed by atoms with Crippen molar-refractivity contribution in [2.45, 2.75) is 59.4 Å². The minimum Gasteiger partial charge on any atom is -0.327 e. The summed E-state index contributed by atoms with van der Waals surface area (Å²) in [4.78, 5) is 0. The van der Waals surface area contributed by atoms with Gasteiger partial charge in [0.2, 0.25) is 0 Å². The highest BCUT2D eigenvalue weighted by Crippen LogP contribution is 2.41. The lowest BCUT2D eigenvalue weighted by Gasteiger charge is -2.40. The Labute approximate surface area is 127 Å². The Morgan fingerprint density at radius 1 is 1.35 bits per heavy atom.